The molecule has 2 fully saturated rings. The van der Waals surface area contributed by atoms with E-state index < -0.39 is 10.0 Å². The van der Waals surface area contributed by atoms with Gasteiger partial charge in [0, 0.05) is 12.6 Å². The normalized spacial score (nSPS) is 28.5. The molecule has 0 amide bonds. The van der Waals surface area contributed by atoms with Crippen molar-refractivity contribution in [2.45, 2.75) is 57.9 Å². The molecule has 0 aromatic rings. The van der Waals surface area contributed by atoms with E-state index in [2.05, 4.69) is 17.0 Å². The number of nitrogens with one attached hydrogen (secondary N) is 2. The molecular formula is C14H28N2O2S. The maximum atomic E-state index is 11.9. The lowest BCUT2D eigenvalue weighted by Crippen LogP contribution is -2.34. The second-order valence-electron chi connectivity index (χ2n) is 6.39. The van der Waals surface area contributed by atoms with Crippen LogP contribution in [0.3, 0.4) is 0 Å². The Balaban J connectivity index is 1.59. The van der Waals surface area contributed by atoms with E-state index in [9.17, 15) is 8.42 Å². The first-order valence-electron chi connectivity index (χ1n) is 7.76. The van der Waals surface area contributed by atoms with Crippen molar-refractivity contribution in [2.75, 3.05) is 18.8 Å². The molecule has 0 bridgehead atoms. The van der Waals surface area contributed by atoms with E-state index in [1.165, 1.54) is 38.5 Å². The lowest BCUT2D eigenvalue weighted by atomic mass is 9.83. The fraction of sp³-hybridized carbons (Fsp3) is 1.00. The topological polar surface area (TPSA) is 58.2 Å². The minimum Gasteiger partial charge on any atom is -0.314 e. The molecule has 0 aromatic heterocycles. The predicted molar refractivity (Wildman–Crippen MR) is 78.6 cm³/mol. The van der Waals surface area contributed by atoms with Crippen LogP contribution in [0.2, 0.25) is 0 Å². The van der Waals surface area contributed by atoms with E-state index in [1.54, 1.807) is 0 Å². The lowest BCUT2D eigenvalue weighted by molar-refractivity contribution is 0.283. The lowest BCUT2D eigenvalue weighted by Gasteiger charge is -2.26. The quantitative estimate of drug-likeness (QED) is 0.670. The Kier molecular flexibility index (Phi) is 5.66. The highest BCUT2D eigenvalue weighted by Gasteiger charge is 2.22. The monoisotopic (exact) mass is 288 g/mol. The Bertz CT molecular complexity index is 366. The van der Waals surface area contributed by atoms with Gasteiger partial charge in [-0.1, -0.05) is 19.8 Å². The molecule has 19 heavy (non-hydrogen) atoms. The smallest absolute Gasteiger partial charge is 0.211 e. The molecule has 2 rings (SSSR count). The Morgan fingerprint density at radius 3 is 2.63 bits per heavy atom. The zero-order chi connectivity index (χ0) is 13.7. The molecule has 4 nitrogen and oxygen atoms in total. The Hall–Kier alpha value is -0.130. The van der Waals surface area contributed by atoms with E-state index in [-0.39, 0.29) is 5.75 Å². The van der Waals surface area contributed by atoms with Crippen LogP contribution in [0.1, 0.15) is 51.9 Å². The van der Waals surface area contributed by atoms with Crippen molar-refractivity contribution in [1.82, 2.24) is 10.0 Å². The first-order valence-corrected chi connectivity index (χ1v) is 9.41. The third-order valence-electron chi connectivity index (χ3n) is 4.24. The highest BCUT2D eigenvalue weighted by molar-refractivity contribution is 7.89. The number of sulfonamides is 1. The summed E-state index contributed by atoms with van der Waals surface area (Å²) in [5.41, 5.74) is 0. The van der Waals surface area contributed by atoms with Crippen LogP contribution in [0, 0.1) is 11.8 Å². The molecule has 112 valence electrons. The second kappa shape index (κ2) is 7.04. The van der Waals surface area contributed by atoms with Crippen molar-refractivity contribution >= 4 is 10.0 Å². The van der Waals surface area contributed by atoms with E-state index in [4.69, 9.17) is 0 Å². The summed E-state index contributed by atoms with van der Waals surface area (Å²) in [5, 5.41) is 3.35. The van der Waals surface area contributed by atoms with Crippen LogP contribution in [0.25, 0.3) is 0 Å². The summed E-state index contributed by atoms with van der Waals surface area (Å²) in [6.07, 6.45) is 8.12. The number of rotatable bonds is 8. The number of hydrogen-bond donors (Lipinski definition) is 2. The van der Waals surface area contributed by atoms with Gasteiger partial charge in [0.15, 0.2) is 0 Å². The third kappa shape index (κ3) is 6.23. The van der Waals surface area contributed by atoms with Crippen LogP contribution in [-0.2, 0) is 10.0 Å². The van der Waals surface area contributed by atoms with Crippen molar-refractivity contribution in [3.8, 4) is 0 Å². The van der Waals surface area contributed by atoms with E-state index in [1.807, 2.05) is 0 Å². The van der Waals surface area contributed by atoms with Crippen molar-refractivity contribution in [2.24, 2.45) is 11.8 Å². The Morgan fingerprint density at radius 1 is 1.16 bits per heavy atom. The average Bonchev–Trinajstić information content (AvgIpc) is 3.17. The highest BCUT2D eigenvalue weighted by atomic mass is 32.2. The van der Waals surface area contributed by atoms with Crippen LogP contribution < -0.4 is 10.0 Å². The molecule has 2 atom stereocenters. The second-order valence-corrected chi connectivity index (χ2v) is 8.31. The van der Waals surface area contributed by atoms with Gasteiger partial charge in [-0.25, -0.2) is 13.1 Å². The summed E-state index contributed by atoms with van der Waals surface area (Å²) < 4.78 is 26.5. The minimum atomic E-state index is -3.07. The van der Waals surface area contributed by atoms with Gasteiger partial charge in [0.05, 0.1) is 5.75 Å². The van der Waals surface area contributed by atoms with Gasteiger partial charge in [-0.15, -0.1) is 0 Å². The molecule has 0 spiro atoms. The molecule has 2 unspecified atom stereocenters. The molecule has 0 heterocycles. The third-order valence-corrected chi connectivity index (χ3v) is 5.67. The predicted octanol–water partition coefficient (Wildman–Crippen LogP) is 1.87. The van der Waals surface area contributed by atoms with Crippen molar-refractivity contribution < 1.29 is 8.42 Å². The van der Waals surface area contributed by atoms with Crippen LogP contribution in [-0.4, -0.2) is 33.3 Å². The number of hydrogen-bond acceptors (Lipinski definition) is 3. The SMILES string of the molecule is CC1CCCC(CNS(=O)(=O)CCCNC2CC2)C1. The molecule has 0 saturated heterocycles. The van der Waals surface area contributed by atoms with E-state index in [0.29, 0.717) is 24.9 Å². The van der Waals surface area contributed by atoms with E-state index in [0.717, 1.165) is 12.5 Å². The maximum Gasteiger partial charge on any atom is 0.211 e. The molecular weight excluding hydrogens is 260 g/mol. The van der Waals surface area contributed by atoms with Gasteiger partial charge < -0.3 is 5.32 Å². The fourth-order valence-electron chi connectivity index (χ4n) is 2.92. The summed E-state index contributed by atoms with van der Waals surface area (Å²) in [6.45, 7) is 3.74. The van der Waals surface area contributed by atoms with Gasteiger partial charge in [-0.3, -0.25) is 0 Å². The van der Waals surface area contributed by atoms with Crippen molar-refractivity contribution in [3.05, 3.63) is 0 Å². The van der Waals surface area contributed by atoms with Gasteiger partial charge in [0.2, 0.25) is 10.0 Å². The summed E-state index contributed by atoms with van der Waals surface area (Å²) in [7, 11) is -3.07. The summed E-state index contributed by atoms with van der Waals surface area (Å²) >= 11 is 0. The molecule has 2 N–H and O–H groups in total. The van der Waals surface area contributed by atoms with Gasteiger partial charge in [0.1, 0.15) is 0 Å². The molecule has 2 saturated carbocycles. The molecule has 0 aromatic carbocycles. The Morgan fingerprint density at radius 2 is 1.95 bits per heavy atom. The zero-order valence-electron chi connectivity index (χ0n) is 12.0. The van der Waals surface area contributed by atoms with Gasteiger partial charge in [0.25, 0.3) is 0 Å². The highest BCUT2D eigenvalue weighted by Crippen LogP contribution is 2.28. The molecule has 0 aliphatic heterocycles. The fourth-order valence-corrected chi connectivity index (χ4v) is 4.08. The summed E-state index contributed by atoms with van der Waals surface area (Å²) in [4.78, 5) is 0. The van der Waals surface area contributed by atoms with E-state index >= 15 is 0 Å². The standard InChI is InChI=1S/C14H28N2O2S/c1-12-4-2-5-13(10-12)11-16-19(17,18)9-3-8-15-14-6-7-14/h12-16H,2-11H2,1H3. The van der Waals surface area contributed by atoms with Crippen molar-refractivity contribution in [1.29, 1.82) is 0 Å². The molecule has 2 aliphatic rings. The largest absolute Gasteiger partial charge is 0.314 e. The Labute approximate surface area is 117 Å². The average molecular weight is 288 g/mol. The first kappa shape index (κ1) is 15.3. The van der Waals surface area contributed by atoms with Gasteiger partial charge in [-0.2, -0.15) is 0 Å². The van der Waals surface area contributed by atoms with Gasteiger partial charge >= 0.3 is 0 Å². The molecule has 5 heteroatoms. The van der Waals surface area contributed by atoms with Crippen LogP contribution in [0.5, 0.6) is 0 Å². The molecule has 0 radical (unpaired) electrons. The van der Waals surface area contributed by atoms with Crippen LogP contribution >= 0.6 is 0 Å². The summed E-state index contributed by atoms with van der Waals surface area (Å²) in [5.74, 6) is 1.56. The van der Waals surface area contributed by atoms with Crippen molar-refractivity contribution in [3.63, 3.8) is 0 Å². The van der Waals surface area contributed by atoms with Crippen LogP contribution in [0.15, 0.2) is 0 Å². The summed E-state index contributed by atoms with van der Waals surface area (Å²) in [6, 6.07) is 0.666. The first-order chi connectivity index (χ1) is 9.05. The minimum absolute atomic E-state index is 0.259. The maximum absolute atomic E-state index is 11.9. The zero-order valence-corrected chi connectivity index (χ0v) is 12.8. The van der Waals surface area contributed by atoms with Crippen LogP contribution in [0.4, 0.5) is 0 Å². The van der Waals surface area contributed by atoms with Gasteiger partial charge in [-0.05, 0) is 50.5 Å². The molecule has 2 aliphatic carbocycles.